The van der Waals surface area contributed by atoms with E-state index in [1.807, 2.05) is 13.8 Å². The molecule has 2 heterocycles. The lowest BCUT2D eigenvalue weighted by molar-refractivity contribution is 0.0612. The lowest BCUT2D eigenvalue weighted by Crippen LogP contribution is -2.40. The van der Waals surface area contributed by atoms with E-state index in [1.54, 1.807) is 12.1 Å². The lowest BCUT2D eigenvalue weighted by atomic mass is 10.1. The molecule has 1 aliphatic heterocycles. The first-order valence-electron chi connectivity index (χ1n) is 7.48. The van der Waals surface area contributed by atoms with Gasteiger partial charge in [0.2, 0.25) is 0 Å². The second-order valence-electron chi connectivity index (χ2n) is 5.80. The normalized spacial score (nSPS) is 18.4. The van der Waals surface area contributed by atoms with Gasteiger partial charge in [-0.1, -0.05) is 0 Å². The molecule has 116 valence electrons. The highest BCUT2D eigenvalue weighted by Crippen LogP contribution is 2.18. The Morgan fingerprint density at radius 3 is 2.73 bits per heavy atom. The predicted molar refractivity (Wildman–Crippen MR) is 83.3 cm³/mol. The maximum absolute atomic E-state index is 12.3. The van der Waals surface area contributed by atoms with Gasteiger partial charge in [-0.2, -0.15) is 0 Å². The largest absolute Gasteiger partial charge is 0.451 e. The third-order valence-electron chi connectivity index (χ3n) is 4.06. The fraction of sp³-hybridized carbons (Fsp3) is 0.412. The highest BCUT2D eigenvalue weighted by atomic mass is 16.5. The topological polar surface area (TPSA) is 68.5 Å². The molecule has 1 amide bonds. The highest BCUT2D eigenvalue weighted by molar-refractivity contribution is 5.93. The number of ether oxygens (including phenoxy) is 1. The molecule has 1 aliphatic rings. The van der Waals surface area contributed by atoms with Gasteiger partial charge in [0.1, 0.15) is 5.58 Å². The monoisotopic (exact) mass is 301 g/mol. The lowest BCUT2D eigenvalue weighted by Gasteiger charge is -2.22. The minimum absolute atomic E-state index is 0.0259. The van der Waals surface area contributed by atoms with E-state index in [2.05, 4.69) is 5.32 Å². The Bertz CT molecular complexity index is 772. The molecule has 1 saturated heterocycles. The number of amides is 1. The zero-order chi connectivity index (χ0) is 15.7. The number of carbonyl (C=O) groups is 1. The van der Waals surface area contributed by atoms with Gasteiger partial charge >= 0.3 is 0 Å². The molecular formula is C17H19NO4. The predicted octanol–water partition coefficient (Wildman–Crippen LogP) is 2.32. The van der Waals surface area contributed by atoms with Crippen LogP contribution in [-0.2, 0) is 4.74 Å². The van der Waals surface area contributed by atoms with Crippen LogP contribution < -0.4 is 10.7 Å². The van der Waals surface area contributed by atoms with E-state index in [0.29, 0.717) is 17.6 Å². The van der Waals surface area contributed by atoms with Crippen molar-refractivity contribution in [2.75, 3.05) is 13.2 Å². The van der Waals surface area contributed by atoms with Crippen molar-refractivity contribution in [2.24, 2.45) is 0 Å². The molecule has 1 N–H and O–H groups in total. The van der Waals surface area contributed by atoms with E-state index in [1.165, 1.54) is 6.07 Å². The first-order chi connectivity index (χ1) is 10.5. The number of rotatable bonds is 2. The van der Waals surface area contributed by atoms with Crippen LogP contribution in [0.5, 0.6) is 0 Å². The second-order valence-corrected chi connectivity index (χ2v) is 5.80. The molecule has 3 rings (SSSR count). The average Bonchev–Trinajstić information content (AvgIpc) is 2.50. The standard InChI is InChI=1S/C17H19NO4/c1-10-6-13-14(19)8-16(22-15(13)7-11(10)2)17(20)18-12-4-3-5-21-9-12/h6-8,12H,3-5,9H2,1-2H3,(H,18,20)/t12-/m1/s1. The van der Waals surface area contributed by atoms with Crippen LogP contribution >= 0.6 is 0 Å². The Labute approximate surface area is 128 Å². The Hall–Kier alpha value is -2.14. The zero-order valence-corrected chi connectivity index (χ0v) is 12.8. The number of aryl methyl sites for hydroxylation is 2. The molecular weight excluding hydrogens is 282 g/mol. The molecule has 0 spiro atoms. The van der Waals surface area contributed by atoms with E-state index in [9.17, 15) is 9.59 Å². The molecule has 1 atom stereocenters. The third-order valence-corrected chi connectivity index (χ3v) is 4.06. The van der Waals surface area contributed by atoms with Crippen LogP contribution in [0.2, 0.25) is 0 Å². The molecule has 1 aromatic heterocycles. The van der Waals surface area contributed by atoms with E-state index < -0.39 is 0 Å². The van der Waals surface area contributed by atoms with Gasteiger partial charge in [-0.05, 0) is 49.9 Å². The zero-order valence-electron chi connectivity index (χ0n) is 12.8. The van der Waals surface area contributed by atoms with Gasteiger partial charge in [0.25, 0.3) is 5.91 Å². The van der Waals surface area contributed by atoms with Crippen LogP contribution in [0.3, 0.4) is 0 Å². The molecule has 22 heavy (non-hydrogen) atoms. The van der Waals surface area contributed by atoms with Crippen molar-refractivity contribution in [1.82, 2.24) is 5.32 Å². The number of benzene rings is 1. The van der Waals surface area contributed by atoms with Crippen molar-refractivity contribution in [3.8, 4) is 0 Å². The van der Waals surface area contributed by atoms with E-state index in [4.69, 9.17) is 9.15 Å². The summed E-state index contributed by atoms with van der Waals surface area (Å²) in [5, 5.41) is 3.36. The molecule has 1 fully saturated rings. The first-order valence-corrected chi connectivity index (χ1v) is 7.48. The van der Waals surface area contributed by atoms with Crippen molar-refractivity contribution >= 4 is 16.9 Å². The Morgan fingerprint density at radius 2 is 2.00 bits per heavy atom. The highest BCUT2D eigenvalue weighted by Gasteiger charge is 2.19. The van der Waals surface area contributed by atoms with Crippen LogP contribution in [0.15, 0.2) is 27.4 Å². The quantitative estimate of drug-likeness (QED) is 0.924. The van der Waals surface area contributed by atoms with Crippen molar-refractivity contribution < 1.29 is 13.9 Å². The molecule has 0 bridgehead atoms. The molecule has 0 aliphatic carbocycles. The average molecular weight is 301 g/mol. The summed E-state index contributed by atoms with van der Waals surface area (Å²) in [7, 11) is 0. The van der Waals surface area contributed by atoms with Gasteiger partial charge < -0.3 is 14.5 Å². The number of nitrogens with one attached hydrogen (secondary N) is 1. The molecule has 0 saturated carbocycles. The van der Waals surface area contributed by atoms with E-state index in [-0.39, 0.29) is 23.1 Å². The summed E-state index contributed by atoms with van der Waals surface area (Å²) in [6, 6.07) is 4.83. The van der Waals surface area contributed by atoms with Crippen molar-refractivity contribution in [3.05, 3.63) is 45.3 Å². The fourth-order valence-corrected chi connectivity index (χ4v) is 2.63. The summed E-state index contributed by atoms with van der Waals surface area (Å²) < 4.78 is 11.0. The van der Waals surface area contributed by atoms with Gasteiger partial charge in [-0.25, -0.2) is 0 Å². The molecule has 5 nitrogen and oxygen atoms in total. The smallest absolute Gasteiger partial charge is 0.287 e. The first kappa shape index (κ1) is 14.8. The third kappa shape index (κ3) is 2.90. The minimum Gasteiger partial charge on any atom is -0.451 e. The Morgan fingerprint density at radius 1 is 1.23 bits per heavy atom. The summed E-state index contributed by atoms with van der Waals surface area (Å²) in [6.07, 6.45) is 1.80. The summed E-state index contributed by atoms with van der Waals surface area (Å²) in [5.74, 6) is -0.320. The number of hydrogen-bond acceptors (Lipinski definition) is 4. The van der Waals surface area contributed by atoms with Gasteiger partial charge in [-0.3, -0.25) is 9.59 Å². The van der Waals surface area contributed by atoms with E-state index in [0.717, 1.165) is 30.6 Å². The number of fused-ring (bicyclic) bond motifs is 1. The molecule has 2 aromatic rings. The van der Waals surface area contributed by atoms with Crippen LogP contribution in [0.4, 0.5) is 0 Å². The van der Waals surface area contributed by atoms with Crippen molar-refractivity contribution in [1.29, 1.82) is 0 Å². The summed E-state index contributed by atoms with van der Waals surface area (Å²) >= 11 is 0. The van der Waals surface area contributed by atoms with Gasteiger partial charge in [0.05, 0.1) is 18.0 Å². The maximum Gasteiger partial charge on any atom is 0.287 e. The Balaban J connectivity index is 1.92. The van der Waals surface area contributed by atoms with Crippen molar-refractivity contribution in [2.45, 2.75) is 32.7 Å². The number of carbonyl (C=O) groups excluding carboxylic acids is 1. The molecule has 5 heteroatoms. The fourth-order valence-electron chi connectivity index (χ4n) is 2.63. The van der Waals surface area contributed by atoms with Crippen molar-refractivity contribution in [3.63, 3.8) is 0 Å². The molecule has 0 radical (unpaired) electrons. The summed E-state index contributed by atoms with van der Waals surface area (Å²) in [6.45, 7) is 5.12. The van der Waals surface area contributed by atoms with Gasteiger partial charge in [-0.15, -0.1) is 0 Å². The van der Waals surface area contributed by atoms with Crippen LogP contribution in [0.25, 0.3) is 11.0 Å². The summed E-state index contributed by atoms with van der Waals surface area (Å²) in [4.78, 5) is 24.5. The van der Waals surface area contributed by atoms with Crippen LogP contribution in [0.1, 0.15) is 34.5 Å². The van der Waals surface area contributed by atoms with E-state index >= 15 is 0 Å². The summed E-state index contributed by atoms with van der Waals surface area (Å²) in [5.41, 5.74) is 2.29. The van der Waals surface area contributed by atoms with Gasteiger partial charge in [0.15, 0.2) is 11.2 Å². The van der Waals surface area contributed by atoms with Gasteiger partial charge in [0, 0.05) is 12.7 Å². The molecule has 1 aromatic carbocycles. The molecule has 0 unspecified atom stereocenters. The van der Waals surface area contributed by atoms with Crippen LogP contribution in [0, 0.1) is 13.8 Å². The Kier molecular flexibility index (Phi) is 3.98. The SMILES string of the molecule is Cc1cc2oc(C(=O)N[C@@H]3CCCOC3)cc(=O)c2cc1C. The number of hydrogen-bond donors (Lipinski definition) is 1. The second kappa shape index (κ2) is 5.93. The minimum atomic E-state index is -0.368. The van der Waals surface area contributed by atoms with Crippen LogP contribution in [-0.4, -0.2) is 25.2 Å². The maximum atomic E-state index is 12.3.